The summed E-state index contributed by atoms with van der Waals surface area (Å²) in [5.41, 5.74) is -0.197. The van der Waals surface area contributed by atoms with Crippen LogP contribution in [-0.4, -0.2) is 46.8 Å². The third-order valence-corrected chi connectivity index (χ3v) is 5.20. The fraction of sp³-hybridized carbons (Fsp3) is 0.571. The zero-order valence-electron chi connectivity index (χ0n) is 17.2. The summed E-state index contributed by atoms with van der Waals surface area (Å²) in [5, 5.41) is 5.51. The number of benzene rings is 1. The van der Waals surface area contributed by atoms with Crippen molar-refractivity contribution in [2.75, 3.05) is 13.1 Å². The highest BCUT2D eigenvalue weighted by Crippen LogP contribution is 2.34. The van der Waals surface area contributed by atoms with Crippen molar-refractivity contribution in [2.45, 2.75) is 52.2 Å². The molecular formula is C21H27F2N3O3. The van der Waals surface area contributed by atoms with Gasteiger partial charge in [-0.25, -0.2) is 18.6 Å². The second-order valence-electron chi connectivity index (χ2n) is 8.73. The van der Waals surface area contributed by atoms with Crippen LogP contribution in [0.4, 0.5) is 13.6 Å². The van der Waals surface area contributed by atoms with Crippen molar-refractivity contribution in [2.24, 2.45) is 16.9 Å². The number of ether oxygens (including phenoxy) is 1. The highest BCUT2D eigenvalue weighted by molar-refractivity contribution is 5.82. The molecule has 1 aromatic carbocycles. The predicted molar refractivity (Wildman–Crippen MR) is 104 cm³/mol. The number of piperidine rings is 1. The quantitative estimate of drug-likeness (QED) is 0.741. The SMILES string of the molecule is CC1CN(C(=O)OC(C)(C)C)CCC1C(=O)N1N=CCC1c1cc(F)cc(F)c1. The van der Waals surface area contributed by atoms with Gasteiger partial charge in [-0.15, -0.1) is 0 Å². The lowest BCUT2D eigenvalue weighted by Gasteiger charge is -2.38. The third-order valence-electron chi connectivity index (χ3n) is 5.20. The standard InChI is InChI=1S/C21H27F2N3O3/c1-13-12-25(20(28)29-21(2,3)4)8-6-17(13)19(27)26-18(5-7-24-26)14-9-15(22)11-16(23)10-14/h7,9-11,13,17-18H,5-6,8,12H2,1-4H3. The van der Waals surface area contributed by atoms with Crippen molar-refractivity contribution in [3.05, 3.63) is 35.4 Å². The first-order valence-electron chi connectivity index (χ1n) is 9.84. The Morgan fingerprint density at radius 1 is 1.17 bits per heavy atom. The van der Waals surface area contributed by atoms with Gasteiger partial charge >= 0.3 is 6.09 Å². The number of carbonyl (C=O) groups excluding carboxylic acids is 2. The van der Waals surface area contributed by atoms with Gasteiger partial charge in [-0.2, -0.15) is 5.10 Å². The van der Waals surface area contributed by atoms with Gasteiger partial charge in [0.15, 0.2) is 0 Å². The molecule has 0 aromatic heterocycles. The molecule has 3 atom stereocenters. The summed E-state index contributed by atoms with van der Waals surface area (Å²) in [6.07, 6.45) is 2.09. The highest BCUT2D eigenvalue weighted by atomic mass is 19.1. The van der Waals surface area contributed by atoms with E-state index in [4.69, 9.17) is 4.74 Å². The summed E-state index contributed by atoms with van der Waals surface area (Å²) in [7, 11) is 0. The van der Waals surface area contributed by atoms with Crippen molar-refractivity contribution in [3.63, 3.8) is 0 Å². The Morgan fingerprint density at radius 3 is 2.41 bits per heavy atom. The minimum absolute atomic E-state index is 0.0931. The molecule has 3 unspecified atom stereocenters. The van der Waals surface area contributed by atoms with Gasteiger partial charge in [-0.1, -0.05) is 6.92 Å². The minimum Gasteiger partial charge on any atom is -0.444 e. The molecule has 29 heavy (non-hydrogen) atoms. The molecule has 2 amide bonds. The fourth-order valence-electron chi connectivity index (χ4n) is 3.85. The van der Waals surface area contributed by atoms with E-state index in [1.165, 1.54) is 17.1 Å². The van der Waals surface area contributed by atoms with Gasteiger partial charge in [-0.3, -0.25) is 4.79 Å². The molecule has 0 saturated carbocycles. The molecular weight excluding hydrogens is 380 g/mol. The summed E-state index contributed by atoms with van der Waals surface area (Å²) in [6.45, 7) is 8.16. The Kier molecular flexibility index (Phi) is 5.91. The van der Waals surface area contributed by atoms with Crippen LogP contribution in [0.5, 0.6) is 0 Å². The molecule has 2 aliphatic rings. The van der Waals surface area contributed by atoms with Crippen LogP contribution in [0.15, 0.2) is 23.3 Å². The van der Waals surface area contributed by atoms with Gasteiger partial charge in [0.25, 0.3) is 0 Å². The van der Waals surface area contributed by atoms with E-state index in [1.807, 2.05) is 27.7 Å². The lowest BCUT2D eigenvalue weighted by Crippen LogP contribution is -2.49. The largest absolute Gasteiger partial charge is 0.444 e. The molecule has 1 aromatic rings. The second kappa shape index (κ2) is 8.08. The topological polar surface area (TPSA) is 62.2 Å². The van der Waals surface area contributed by atoms with Crippen LogP contribution < -0.4 is 0 Å². The molecule has 2 aliphatic heterocycles. The number of hydrazone groups is 1. The zero-order valence-corrected chi connectivity index (χ0v) is 17.2. The molecule has 0 spiro atoms. The average Bonchev–Trinajstić information content (AvgIpc) is 3.08. The molecule has 0 radical (unpaired) electrons. The first kappa shape index (κ1) is 21.2. The number of amides is 2. The van der Waals surface area contributed by atoms with Crippen molar-refractivity contribution in [1.29, 1.82) is 0 Å². The normalized spacial score (nSPS) is 24.7. The Hall–Kier alpha value is -2.51. The van der Waals surface area contributed by atoms with Crippen molar-refractivity contribution >= 4 is 18.2 Å². The maximum Gasteiger partial charge on any atom is 0.410 e. The number of carbonyl (C=O) groups is 2. The van der Waals surface area contributed by atoms with E-state index in [1.54, 1.807) is 11.1 Å². The van der Waals surface area contributed by atoms with Crippen LogP contribution in [0.3, 0.4) is 0 Å². The second-order valence-corrected chi connectivity index (χ2v) is 8.73. The lowest BCUT2D eigenvalue weighted by molar-refractivity contribution is -0.141. The van der Waals surface area contributed by atoms with Crippen LogP contribution in [0, 0.1) is 23.5 Å². The van der Waals surface area contributed by atoms with E-state index in [9.17, 15) is 18.4 Å². The molecule has 8 heteroatoms. The van der Waals surface area contributed by atoms with E-state index < -0.39 is 23.3 Å². The van der Waals surface area contributed by atoms with Crippen LogP contribution in [-0.2, 0) is 9.53 Å². The van der Waals surface area contributed by atoms with Gasteiger partial charge in [-0.05, 0) is 50.8 Å². The molecule has 1 saturated heterocycles. The maximum atomic E-state index is 13.6. The number of halogens is 2. The molecule has 3 rings (SSSR count). The fourth-order valence-corrected chi connectivity index (χ4v) is 3.85. The summed E-state index contributed by atoms with van der Waals surface area (Å²) in [4.78, 5) is 27.1. The first-order chi connectivity index (χ1) is 13.5. The monoisotopic (exact) mass is 407 g/mol. The third kappa shape index (κ3) is 4.92. The Balaban J connectivity index is 1.68. The maximum absolute atomic E-state index is 13.6. The van der Waals surface area contributed by atoms with Gasteiger partial charge in [0.1, 0.15) is 17.2 Å². The molecule has 1 fully saturated rings. The van der Waals surface area contributed by atoms with E-state index in [-0.39, 0.29) is 23.8 Å². The molecule has 2 heterocycles. The first-order valence-corrected chi connectivity index (χ1v) is 9.84. The average molecular weight is 407 g/mol. The minimum atomic E-state index is -0.682. The van der Waals surface area contributed by atoms with Gasteiger partial charge < -0.3 is 9.64 Å². The van der Waals surface area contributed by atoms with E-state index in [2.05, 4.69) is 5.10 Å². The number of hydrogen-bond donors (Lipinski definition) is 0. The number of likely N-dealkylation sites (tertiary alicyclic amines) is 1. The van der Waals surface area contributed by atoms with Crippen LogP contribution in [0.25, 0.3) is 0 Å². The molecule has 6 nitrogen and oxygen atoms in total. The summed E-state index contributed by atoms with van der Waals surface area (Å²) in [6, 6.07) is 2.75. The number of rotatable bonds is 2. The Bertz CT molecular complexity index is 802. The van der Waals surface area contributed by atoms with Crippen molar-refractivity contribution in [3.8, 4) is 0 Å². The highest BCUT2D eigenvalue weighted by Gasteiger charge is 2.40. The van der Waals surface area contributed by atoms with Gasteiger partial charge in [0.2, 0.25) is 5.91 Å². The smallest absolute Gasteiger partial charge is 0.410 e. The number of nitrogens with zero attached hydrogens (tertiary/aromatic N) is 3. The lowest BCUT2D eigenvalue weighted by atomic mass is 9.85. The Morgan fingerprint density at radius 2 is 1.83 bits per heavy atom. The zero-order chi connectivity index (χ0) is 21.3. The summed E-state index contributed by atoms with van der Waals surface area (Å²) >= 11 is 0. The molecule has 0 bridgehead atoms. The molecule has 158 valence electrons. The van der Waals surface area contributed by atoms with Crippen molar-refractivity contribution in [1.82, 2.24) is 9.91 Å². The van der Waals surface area contributed by atoms with E-state index in [0.29, 0.717) is 31.5 Å². The molecule has 0 aliphatic carbocycles. The van der Waals surface area contributed by atoms with E-state index in [0.717, 1.165) is 6.07 Å². The van der Waals surface area contributed by atoms with Crippen LogP contribution in [0.2, 0.25) is 0 Å². The van der Waals surface area contributed by atoms with Crippen LogP contribution >= 0.6 is 0 Å². The molecule has 0 N–H and O–H groups in total. The summed E-state index contributed by atoms with van der Waals surface area (Å²) in [5.74, 6) is -1.98. The van der Waals surface area contributed by atoms with Crippen molar-refractivity contribution < 1.29 is 23.1 Å². The van der Waals surface area contributed by atoms with Gasteiger partial charge in [0.05, 0.1) is 6.04 Å². The summed E-state index contributed by atoms with van der Waals surface area (Å²) < 4.78 is 32.7. The Labute approximate surface area is 169 Å². The van der Waals surface area contributed by atoms with Gasteiger partial charge in [0, 0.05) is 37.7 Å². The predicted octanol–water partition coefficient (Wildman–Crippen LogP) is 4.12. The van der Waals surface area contributed by atoms with Crippen LogP contribution in [0.1, 0.15) is 52.1 Å². The number of hydrogen-bond acceptors (Lipinski definition) is 4. The van der Waals surface area contributed by atoms with E-state index >= 15 is 0 Å².